The van der Waals surface area contributed by atoms with Crippen molar-refractivity contribution >= 4 is 21.5 Å². The van der Waals surface area contributed by atoms with Crippen molar-refractivity contribution in [3.05, 3.63) is 53.5 Å². The number of carbonyl (C=O) groups excluding carboxylic acids is 1. The molecular weight excluding hydrogens is 342 g/mol. The minimum atomic E-state index is -3.83. The smallest absolute Gasteiger partial charge is 0.356 e. The van der Waals surface area contributed by atoms with Crippen molar-refractivity contribution < 1.29 is 17.9 Å². The molecule has 2 heterocycles. The zero-order valence-electron chi connectivity index (χ0n) is 14.1. The number of hydrogen-bond donors (Lipinski definition) is 0. The number of sulfone groups is 1. The van der Waals surface area contributed by atoms with Crippen LogP contribution < -0.4 is 0 Å². The van der Waals surface area contributed by atoms with E-state index in [9.17, 15) is 13.2 Å². The van der Waals surface area contributed by atoms with Crippen LogP contribution in [0, 0.1) is 6.92 Å². The number of fused-ring (bicyclic) bond motifs is 1. The van der Waals surface area contributed by atoms with Gasteiger partial charge in [-0.2, -0.15) is 5.10 Å². The third-order valence-electron chi connectivity index (χ3n) is 3.79. The number of aromatic nitrogens is 3. The molecule has 0 atom stereocenters. The van der Waals surface area contributed by atoms with Gasteiger partial charge in [-0.15, -0.1) is 0 Å². The van der Waals surface area contributed by atoms with Crippen LogP contribution in [-0.2, 0) is 21.0 Å². The molecule has 25 heavy (non-hydrogen) atoms. The van der Waals surface area contributed by atoms with Gasteiger partial charge in [0.15, 0.2) is 11.3 Å². The van der Waals surface area contributed by atoms with Crippen molar-refractivity contribution in [1.82, 2.24) is 14.6 Å². The van der Waals surface area contributed by atoms with Gasteiger partial charge >= 0.3 is 5.97 Å². The number of aryl methyl sites for hydroxylation is 2. The summed E-state index contributed by atoms with van der Waals surface area (Å²) in [6, 6.07) is 9.62. The zero-order valence-corrected chi connectivity index (χ0v) is 14.9. The third-order valence-corrected chi connectivity index (χ3v) is 5.64. The number of carbonyl (C=O) groups is 1. The van der Waals surface area contributed by atoms with E-state index in [1.54, 1.807) is 32.0 Å². The van der Waals surface area contributed by atoms with Gasteiger partial charge < -0.3 is 4.74 Å². The normalized spacial score (nSPS) is 11.6. The van der Waals surface area contributed by atoms with E-state index in [2.05, 4.69) is 10.1 Å². The fraction of sp³-hybridized carbons (Fsp3) is 0.235. The number of nitrogens with zero attached hydrogens (tertiary/aromatic N) is 3. The molecule has 130 valence electrons. The Morgan fingerprint density at radius 3 is 2.52 bits per heavy atom. The molecule has 0 spiro atoms. The van der Waals surface area contributed by atoms with Crippen LogP contribution in [0.3, 0.4) is 0 Å². The summed E-state index contributed by atoms with van der Waals surface area (Å²) in [6.07, 6.45) is 0.379. The lowest BCUT2D eigenvalue weighted by molar-refractivity contribution is 0.0590. The summed E-state index contributed by atoms with van der Waals surface area (Å²) in [5, 5.41) is 4.31. The van der Waals surface area contributed by atoms with Gasteiger partial charge in [-0.3, -0.25) is 0 Å². The summed E-state index contributed by atoms with van der Waals surface area (Å²) < 4.78 is 32.3. The monoisotopic (exact) mass is 359 g/mol. The van der Waals surface area contributed by atoms with Gasteiger partial charge in [0.1, 0.15) is 4.90 Å². The van der Waals surface area contributed by atoms with Crippen molar-refractivity contribution in [3.8, 4) is 0 Å². The maximum Gasteiger partial charge on any atom is 0.356 e. The second-order valence-electron chi connectivity index (χ2n) is 5.46. The SMILES string of the molecule is CCc1nn2c(C(=O)OC)cc(C)nc2c1S(=O)(=O)c1ccccc1. The number of rotatable bonds is 4. The van der Waals surface area contributed by atoms with E-state index >= 15 is 0 Å². The average Bonchev–Trinajstić information content (AvgIpc) is 3.00. The molecule has 0 saturated carbocycles. The van der Waals surface area contributed by atoms with E-state index in [0.29, 0.717) is 17.8 Å². The lowest BCUT2D eigenvalue weighted by Crippen LogP contribution is -2.11. The molecule has 0 N–H and O–H groups in total. The van der Waals surface area contributed by atoms with Crippen LogP contribution in [0.1, 0.15) is 28.8 Å². The lowest BCUT2D eigenvalue weighted by Gasteiger charge is -2.06. The van der Waals surface area contributed by atoms with Gasteiger partial charge in [0.2, 0.25) is 9.84 Å². The molecule has 0 aliphatic heterocycles. The molecule has 0 radical (unpaired) electrons. The standard InChI is InChI=1S/C17H17N3O4S/c1-4-13-15(25(22,23)12-8-6-5-7-9-12)16-18-11(2)10-14(17(21)24-3)20(16)19-13/h5-10H,4H2,1-3H3. The molecule has 0 saturated heterocycles. The van der Waals surface area contributed by atoms with Gasteiger partial charge in [-0.25, -0.2) is 22.7 Å². The highest BCUT2D eigenvalue weighted by molar-refractivity contribution is 7.91. The summed E-state index contributed by atoms with van der Waals surface area (Å²) in [7, 11) is -2.57. The Balaban J connectivity index is 2.40. The van der Waals surface area contributed by atoms with Crippen LogP contribution >= 0.6 is 0 Å². The highest BCUT2D eigenvalue weighted by atomic mass is 32.2. The van der Waals surface area contributed by atoms with Crippen LogP contribution in [0.4, 0.5) is 0 Å². The Bertz CT molecular complexity index is 1060. The van der Waals surface area contributed by atoms with Gasteiger partial charge in [0.05, 0.1) is 17.7 Å². The summed E-state index contributed by atoms with van der Waals surface area (Å²) in [4.78, 5) is 16.6. The Morgan fingerprint density at radius 2 is 1.92 bits per heavy atom. The Labute approximate surface area is 145 Å². The number of hydrogen-bond acceptors (Lipinski definition) is 6. The highest BCUT2D eigenvalue weighted by Gasteiger charge is 2.29. The van der Waals surface area contributed by atoms with Crippen LogP contribution in [0.15, 0.2) is 46.2 Å². The maximum atomic E-state index is 13.1. The first-order chi connectivity index (χ1) is 11.9. The molecule has 3 aromatic rings. The van der Waals surface area contributed by atoms with Crippen molar-refractivity contribution in [3.63, 3.8) is 0 Å². The predicted molar refractivity (Wildman–Crippen MR) is 90.3 cm³/mol. The Hall–Kier alpha value is -2.74. The first-order valence-corrected chi connectivity index (χ1v) is 9.16. The summed E-state index contributed by atoms with van der Waals surface area (Å²) in [5.74, 6) is -0.607. The molecular formula is C17H17N3O4S. The Morgan fingerprint density at radius 1 is 1.24 bits per heavy atom. The zero-order chi connectivity index (χ0) is 18.2. The van der Waals surface area contributed by atoms with Gasteiger partial charge in [-0.05, 0) is 31.5 Å². The van der Waals surface area contributed by atoms with Crippen molar-refractivity contribution in [2.75, 3.05) is 7.11 Å². The molecule has 0 aliphatic carbocycles. The van der Waals surface area contributed by atoms with Gasteiger partial charge in [0, 0.05) is 5.69 Å². The molecule has 8 heteroatoms. The molecule has 3 rings (SSSR count). The summed E-state index contributed by atoms with van der Waals surface area (Å²) in [5.41, 5.74) is 1.11. The largest absolute Gasteiger partial charge is 0.464 e. The molecule has 0 amide bonds. The molecule has 2 aromatic heterocycles. The molecule has 0 fully saturated rings. The molecule has 0 aliphatic rings. The number of methoxy groups -OCH3 is 1. The second kappa shape index (κ2) is 6.29. The summed E-state index contributed by atoms with van der Waals surface area (Å²) in [6.45, 7) is 3.49. The lowest BCUT2D eigenvalue weighted by atomic mass is 10.3. The minimum Gasteiger partial charge on any atom is -0.464 e. The third kappa shape index (κ3) is 2.78. The van der Waals surface area contributed by atoms with Crippen LogP contribution in [0.25, 0.3) is 5.65 Å². The average molecular weight is 359 g/mol. The maximum absolute atomic E-state index is 13.1. The number of ether oxygens (including phenoxy) is 1. The summed E-state index contributed by atoms with van der Waals surface area (Å²) >= 11 is 0. The van der Waals surface area contributed by atoms with E-state index in [1.165, 1.54) is 29.8 Å². The van der Waals surface area contributed by atoms with Crippen molar-refractivity contribution in [2.24, 2.45) is 0 Å². The van der Waals surface area contributed by atoms with E-state index in [0.717, 1.165) is 0 Å². The van der Waals surface area contributed by atoms with Gasteiger partial charge in [-0.1, -0.05) is 25.1 Å². The molecule has 1 aromatic carbocycles. The fourth-order valence-electron chi connectivity index (χ4n) is 2.64. The van der Waals surface area contributed by atoms with Crippen LogP contribution in [0.5, 0.6) is 0 Å². The van der Waals surface area contributed by atoms with E-state index < -0.39 is 15.8 Å². The number of benzene rings is 1. The van der Waals surface area contributed by atoms with E-state index in [1.807, 2.05) is 0 Å². The molecule has 7 nitrogen and oxygen atoms in total. The predicted octanol–water partition coefficient (Wildman–Crippen LogP) is 2.22. The first-order valence-electron chi connectivity index (χ1n) is 7.67. The number of esters is 1. The van der Waals surface area contributed by atoms with Crippen molar-refractivity contribution in [1.29, 1.82) is 0 Å². The minimum absolute atomic E-state index is 0.0232. The van der Waals surface area contributed by atoms with Crippen LogP contribution in [-0.4, -0.2) is 36.1 Å². The van der Waals surface area contributed by atoms with E-state index in [-0.39, 0.29) is 21.1 Å². The van der Waals surface area contributed by atoms with Crippen molar-refractivity contribution in [2.45, 2.75) is 30.1 Å². The quantitative estimate of drug-likeness (QED) is 0.664. The second-order valence-corrected chi connectivity index (χ2v) is 7.34. The van der Waals surface area contributed by atoms with Gasteiger partial charge in [0.25, 0.3) is 0 Å². The molecule has 0 bridgehead atoms. The van der Waals surface area contributed by atoms with E-state index in [4.69, 9.17) is 4.74 Å². The molecule has 0 unspecified atom stereocenters. The topological polar surface area (TPSA) is 90.6 Å². The first kappa shape index (κ1) is 17.1. The Kier molecular flexibility index (Phi) is 4.30. The van der Waals surface area contributed by atoms with Crippen LogP contribution in [0.2, 0.25) is 0 Å². The fourth-order valence-corrected chi connectivity index (χ4v) is 4.26. The highest BCUT2D eigenvalue weighted by Crippen LogP contribution is 2.28.